The molecule has 0 spiro atoms. The lowest BCUT2D eigenvalue weighted by atomic mass is 10.1. The second kappa shape index (κ2) is 5.27. The monoisotopic (exact) mass is 204 g/mol. The third-order valence-corrected chi connectivity index (χ3v) is 3.09. The number of hydrogen-bond acceptors (Lipinski definition) is 4. The van der Waals surface area contributed by atoms with E-state index in [0.717, 1.165) is 0 Å². The number of ether oxygens (including phenoxy) is 1. The van der Waals surface area contributed by atoms with Crippen molar-refractivity contribution in [3.8, 4) is 0 Å². The van der Waals surface area contributed by atoms with E-state index in [-0.39, 0.29) is 17.5 Å². The van der Waals surface area contributed by atoms with Crippen molar-refractivity contribution >= 4 is 23.5 Å². The van der Waals surface area contributed by atoms with E-state index in [4.69, 9.17) is 4.74 Å². The zero-order chi connectivity index (χ0) is 10.5. The molecule has 0 aliphatic carbocycles. The summed E-state index contributed by atoms with van der Waals surface area (Å²) in [7, 11) is 0. The first-order chi connectivity index (χ1) is 5.90. The molecule has 0 aromatic heterocycles. The number of carbonyl (C=O) groups is 2. The number of hydrogen-bond donors (Lipinski definition) is 0. The molecule has 0 rings (SSSR count). The summed E-state index contributed by atoms with van der Waals surface area (Å²) in [6, 6.07) is 0. The molecule has 0 radical (unpaired) electrons. The van der Waals surface area contributed by atoms with Gasteiger partial charge in [0.15, 0.2) is 0 Å². The Morgan fingerprint density at radius 1 is 1.38 bits per heavy atom. The summed E-state index contributed by atoms with van der Waals surface area (Å²) in [5.74, 6) is 0.0454. The lowest BCUT2D eigenvalue weighted by molar-refractivity contribution is -0.139. The molecular weight excluding hydrogens is 188 g/mol. The van der Waals surface area contributed by atoms with Crippen molar-refractivity contribution in [2.75, 3.05) is 12.4 Å². The fourth-order valence-corrected chi connectivity index (χ4v) is 1.31. The first-order valence-corrected chi connectivity index (χ1v) is 5.19. The summed E-state index contributed by atoms with van der Waals surface area (Å²) in [6.07, 6.45) is 0. The third kappa shape index (κ3) is 4.93. The molecule has 0 saturated carbocycles. The maximum Gasteiger partial charge on any atom is 0.315 e. The van der Waals surface area contributed by atoms with E-state index in [0.29, 0.717) is 6.61 Å². The van der Waals surface area contributed by atoms with Gasteiger partial charge in [0.1, 0.15) is 5.78 Å². The summed E-state index contributed by atoms with van der Waals surface area (Å²) in [5, 5.41) is 0. The largest absolute Gasteiger partial charge is 0.465 e. The van der Waals surface area contributed by atoms with Crippen LogP contribution in [-0.2, 0) is 14.3 Å². The zero-order valence-electron chi connectivity index (χ0n) is 8.55. The molecule has 0 aromatic rings. The van der Waals surface area contributed by atoms with Crippen LogP contribution in [0.3, 0.4) is 0 Å². The van der Waals surface area contributed by atoms with Gasteiger partial charge in [-0.3, -0.25) is 9.59 Å². The van der Waals surface area contributed by atoms with Gasteiger partial charge in [-0.05, 0) is 27.7 Å². The van der Waals surface area contributed by atoms with Crippen LogP contribution in [0.2, 0.25) is 0 Å². The molecule has 0 saturated heterocycles. The summed E-state index contributed by atoms with van der Waals surface area (Å²) in [4.78, 5) is 22.0. The number of esters is 1. The number of rotatable bonds is 5. The molecule has 0 aromatic carbocycles. The van der Waals surface area contributed by atoms with Crippen molar-refractivity contribution in [3.63, 3.8) is 0 Å². The summed E-state index contributed by atoms with van der Waals surface area (Å²) < 4.78 is 4.25. The van der Waals surface area contributed by atoms with Gasteiger partial charge < -0.3 is 4.74 Å². The first-order valence-electron chi connectivity index (χ1n) is 4.20. The molecular formula is C9H16O3S. The van der Waals surface area contributed by atoms with Crippen LogP contribution in [0, 0.1) is 0 Å². The number of ketones is 1. The van der Waals surface area contributed by atoms with Gasteiger partial charge >= 0.3 is 5.97 Å². The predicted octanol–water partition coefficient (Wildman–Crippen LogP) is 1.65. The molecule has 0 fully saturated rings. The molecule has 76 valence electrons. The van der Waals surface area contributed by atoms with Crippen LogP contribution in [0.15, 0.2) is 0 Å². The van der Waals surface area contributed by atoms with Crippen LogP contribution >= 0.6 is 11.8 Å². The fourth-order valence-electron chi connectivity index (χ4n) is 0.544. The Labute approximate surface area is 83.2 Å². The van der Waals surface area contributed by atoms with Crippen molar-refractivity contribution in [1.82, 2.24) is 0 Å². The highest BCUT2D eigenvalue weighted by atomic mass is 32.2. The second-order valence-corrected chi connectivity index (χ2v) is 4.76. The first kappa shape index (κ1) is 12.5. The normalized spacial score (nSPS) is 11.1. The minimum Gasteiger partial charge on any atom is -0.465 e. The molecule has 0 unspecified atom stereocenters. The van der Waals surface area contributed by atoms with Gasteiger partial charge in [0.25, 0.3) is 0 Å². The SMILES string of the molecule is CCOC(=O)CSC(C)(C)C(C)=O. The van der Waals surface area contributed by atoms with Crippen molar-refractivity contribution in [2.24, 2.45) is 0 Å². The molecule has 3 nitrogen and oxygen atoms in total. The Kier molecular flexibility index (Phi) is 5.06. The van der Waals surface area contributed by atoms with Gasteiger partial charge in [0.2, 0.25) is 0 Å². The van der Waals surface area contributed by atoms with Crippen LogP contribution in [0.1, 0.15) is 27.7 Å². The van der Waals surface area contributed by atoms with E-state index in [2.05, 4.69) is 0 Å². The molecule has 0 heterocycles. The van der Waals surface area contributed by atoms with Gasteiger partial charge in [-0.25, -0.2) is 0 Å². The van der Waals surface area contributed by atoms with Crippen molar-refractivity contribution in [3.05, 3.63) is 0 Å². The van der Waals surface area contributed by atoms with Gasteiger partial charge in [0, 0.05) is 0 Å². The van der Waals surface area contributed by atoms with Crippen LogP contribution in [0.25, 0.3) is 0 Å². The Bertz CT molecular complexity index is 199. The molecule has 0 N–H and O–H groups in total. The Morgan fingerprint density at radius 2 is 1.92 bits per heavy atom. The van der Waals surface area contributed by atoms with Gasteiger partial charge in [0.05, 0.1) is 17.1 Å². The topological polar surface area (TPSA) is 43.4 Å². The second-order valence-electron chi connectivity index (χ2n) is 3.16. The maximum atomic E-state index is 11.1. The molecule has 0 bridgehead atoms. The molecule has 0 atom stereocenters. The van der Waals surface area contributed by atoms with Crippen molar-refractivity contribution < 1.29 is 14.3 Å². The highest BCUT2D eigenvalue weighted by Crippen LogP contribution is 2.25. The fraction of sp³-hybridized carbons (Fsp3) is 0.778. The smallest absolute Gasteiger partial charge is 0.315 e. The van der Waals surface area contributed by atoms with Gasteiger partial charge in [-0.15, -0.1) is 11.8 Å². The van der Waals surface area contributed by atoms with Gasteiger partial charge in [-0.1, -0.05) is 0 Å². The minimum absolute atomic E-state index is 0.0711. The number of Topliss-reactive ketones (excluding diaryl/α,β-unsaturated/α-hetero) is 1. The summed E-state index contributed by atoms with van der Waals surface area (Å²) in [6.45, 7) is 7.29. The van der Waals surface area contributed by atoms with E-state index >= 15 is 0 Å². The quantitative estimate of drug-likeness (QED) is 0.639. The van der Waals surface area contributed by atoms with Crippen LogP contribution in [-0.4, -0.2) is 28.9 Å². The van der Waals surface area contributed by atoms with E-state index in [1.165, 1.54) is 18.7 Å². The Balaban J connectivity index is 3.88. The zero-order valence-corrected chi connectivity index (χ0v) is 9.36. The Morgan fingerprint density at radius 3 is 2.31 bits per heavy atom. The Hall–Kier alpha value is -0.510. The van der Waals surface area contributed by atoms with E-state index < -0.39 is 4.75 Å². The lowest BCUT2D eigenvalue weighted by Crippen LogP contribution is -2.27. The minimum atomic E-state index is -0.493. The predicted molar refractivity (Wildman–Crippen MR) is 53.9 cm³/mol. The van der Waals surface area contributed by atoms with Crippen molar-refractivity contribution in [1.29, 1.82) is 0 Å². The molecule has 0 aliphatic rings. The summed E-state index contributed by atoms with van der Waals surface area (Å²) >= 11 is 1.31. The molecule has 13 heavy (non-hydrogen) atoms. The van der Waals surface area contributed by atoms with E-state index in [9.17, 15) is 9.59 Å². The number of thioether (sulfide) groups is 1. The maximum absolute atomic E-state index is 11.1. The number of carbonyl (C=O) groups excluding carboxylic acids is 2. The van der Waals surface area contributed by atoms with E-state index in [1.807, 2.05) is 0 Å². The van der Waals surface area contributed by atoms with E-state index in [1.54, 1.807) is 20.8 Å². The molecule has 0 amide bonds. The van der Waals surface area contributed by atoms with Crippen LogP contribution in [0.5, 0.6) is 0 Å². The average molecular weight is 204 g/mol. The third-order valence-electron chi connectivity index (χ3n) is 1.70. The average Bonchev–Trinajstić information content (AvgIpc) is 2.01. The standard InChI is InChI=1S/C9H16O3S/c1-5-12-8(11)6-13-9(3,4)7(2)10/h5-6H2,1-4H3. The molecule has 4 heteroatoms. The highest BCUT2D eigenvalue weighted by Gasteiger charge is 2.25. The van der Waals surface area contributed by atoms with Crippen LogP contribution in [0.4, 0.5) is 0 Å². The lowest BCUT2D eigenvalue weighted by Gasteiger charge is -2.19. The molecule has 0 aliphatic heterocycles. The van der Waals surface area contributed by atoms with Crippen molar-refractivity contribution in [2.45, 2.75) is 32.4 Å². The van der Waals surface area contributed by atoms with Crippen LogP contribution < -0.4 is 0 Å². The van der Waals surface area contributed by atoms with Gasteiger partial charge in [-0.2, -0.15) is 0 Å². The summed E-state index contributed by atoms with van der Waals surface area (Å²) in [5.41, 5.74) is 0. The highest BCUT2D eigenvalue weighted by molar-refractivity contribution is 8.02.